The van der Waals surface area contributed by atoms with Crippen LogP contribution in [0.25, 0.3) is 0 Å². The van der Waals surface area contributed by atoms with Crippen LogP contribution in [0.3, 0.4) is 0 Å². The average molecular weight is 195 g/mol. The van der Waals surface area contributed by atoms with Gasteiger partial charge in [-0.1, -0.05) is 13.8 Å². The Hall–Kier alpha value is -0.730. The number of guanidine groups is 1. The highest BCUT2D eigenvalue weighted by molar-refractivity contribution is 5.78. The lowest BCUT2D eigenvalue weighted by Crippen LogP contribution is -2.36. The van der Waals surface area contributed by atoms with Gasteiger partial charge in [0.2, 0.25) is 0 Å². The molecule has 1 unspecified atom stereocenters. The fourth-order valence-corrected chi connectivity index (χ4v) is 2.01. The van der Waals surface area contributed by atoms with Crippen LogP contribution in [0.15, 0.2) is 4.99 Å². The zero-order valence-electron chi connectivity index (χ0n) is 9.24. The lowest BCUT2D eigenvalue weighted by atomic mass is 9.95. The van der Waals surface area contributed by atoms with Crippen LogP contribution in [0.5, 0.6) is 0 Å². The maximum Gasteiger partial charge on any atom is 0.191 e. The molecule has 0 aromatic carbocycles. The molecule has 2 N–H and O–H groups in total. The van der Waals surface area contributed by atoms with Crippen molar-refractivity contribution in [2.75, 3.05) is 13.1 Å². The number of aliphatic imine (C=N–C) groups is 1. The fourth-order valence-electron chi connectivity index (χ4n) is 2.01. The van der Waals surface area contributed by atoms with Gasteiger partial charge in [0.1, 0.15) is 0 Å². The van der Waals surface area contributed by atoms with E-state index in [9.17, 15) is 0 Å². The predicted molar refractivity (Wildman–Crippen MR) is 59.2 cm³/mol. The van der Waals surface area contributed by atoms with E-state index in [0.717, 1.165) is 30.9 Å². The van der Waals surface area contributed by atoms with Crippen LogP contribution < -0.4 is 5.73 Å². The van der Waals surface area contributed by atoms with Crippen LogP contribution in [0.4, 0.5) is 0 Å². The Labute approximate surface area is 86.4 Å². The van der Waals surface area contributed by atoms with Crippen molar-refractivity contribution in [3.8, 4) is 0 Å². The van der Waals surface area contributed by atoms with Crippen molar-refractivity contribution in [2.24, 2.45) is 22.6 Å². The smallest absolute Gasteiger partial charge is 0.191 e. The van der Waals surface area contributed by atoms with Gasteiger partial charge in [0.15, 0.2) is 5.96 Å². The first-order valence-electron chi connectivity index (χ1n) is 5.75. The second-order valence-corrected chi connectivity index (χ2v) is 4.96. The van der Waals surface area contributed by atoms with Gasteiger partial charge in [0.05, 0.1) is 6.04 Å². The summed E-state index contributed by atoms with van der Waals surface area (Å²) in [4.78, 5) is 6.74. The van der Waals surface area contributed by atoms with Gasteiger partial charge in [0.25, 0.3) is 0 Å². The molecule has 2 rings (SSSR count). The van der Waals surface area contributed by atoms with E-state index in [1.54, 1.807) is 0 Å². The maximum absolute atomic E-state index is 5.96. The molecule has 1 heterocycles. The molecule has 0 aromatic heterocycles. The molecule has 14 heavy (non-hydrogen) atoms. The van der Waals surface area contributed by atoms with Gasteiger partial charge >= 0.3 is 0 Å². The number of nitrogens with two attached hydrogens (primary N) is 1. The molecule has 1 aliphatic carbocycles. The molecule has 0 aromatic rings. The van der Waals surface area contributed by atoms with Crippen LogP contribution in [0, 0.1) is 11.8 Å². The predicted octanol–water partition coefficient (Wildman–Crippen LogP) is 1.44. The van der Waals surface area contributed by atoms with Crippen LogP contribution in [-0.4, -0.2) is 30.0 Å². The number of likely N-dealkylation sites (tertiary alicyclic amines) is 1. The summed E-state index contributed by atoms with van der Waals surface area (Å²) in [7, 11) is 0. The van der Waals surface area contributed by atoms with E-state index >= 15 is 0 Å². The summed E-state index contributed by atoms with van der Waals surface area (Å²) in [6.45, 7) is 6.80. The summed E-state index contributed by atoms with van der Waals surface area (Å²) >= 11 is 0. The van der Waals surface area contributed by atoms with E-state index in [-0.39, 0.29) is 0 Å². The first-order chi connectivity index (χ1) is 6.66. The van der Waals surface area contributed by atoms with Crippen molar-refractivity contribution < 1.29 is 0 Å². The molecule has 1 aliphatic heterocycles. The van der Waals surface area contributed by atoms with Gasteiger partial charge in [-0.15, -0.1) is 0 Å². The molecule has 1 atom stereocenters. The van der Waals surface area contributed by atoms with E-state index in [4.69, 9.17) is 5.73 Å². The number of hydrogen-bond donors (Lipinski definition) is 1. The third kappa shape index (κ3) is 2.20. The van der Waals surface area contributed by atoms with Crippen LogP contribution in [0.1, 0.15) is 33.1 Å². The minimum Gasteiger partial charge on any atom is -0.370 e. The Morgan fingerprint density at radius 1 is 1.36 bits per heavy atom. The van der Waals surface area contributed by atoms with Gasteiger partial charge in [-0.25, -0.2) is 4.99 Å². The third-order valence-corrected chi connectivity index (χ3v) is 3.35. The second-order valence-electron chi connectivity index (χ2n) is 4.96. The van der Waals surface area contributed by atoms with E-state index < -0.39 is 0 Å². The molecule has 0 radical (unpaired) electrons. The van der Waals surface area contributed by atoms with E-state index in [0.29, 0.717) is 6.04 Å². The van der Waals surface area contributed by atoms with Gasteiger partial charge in [-0.05, 0) is 31.1 Å². The minimum atomic E-state index is 0.549. The molecule has 1 saturated heterocycles. The SMILES string of the molecule is CC(C)C1CCN(C(N)=NC2CC2)C1. The highest BCUT2D eigenvalue weighted by atomic mass is 15.3. The summed E-state index contributed by atoms with van der Waals surface area (Å²) in [5.41, 5.74) is 5.96. The molecule has 0 bridgehead atoms. The molecule has 1 saturated carbocycles. The summed E-state index contributed by atoms with van der Waals surface area (Å²) < 4.78 is 0. The first kappa shape index (κ1) is 9.81. The molecule has 80 valence electrons. The van der Waals surface area contributed by atoms with Gasteiger partial charge in [-0.2, -0.15) is 0 Å². The molecular weight excluding hydrogens is 174 g/mol. The van der Waals surface area contributed by atoms with Crippen molar-refractivity contribution in [2.45, 2.75) is 39.2 Å². The van der Waals surface area contributed by atoms with E-state index in [2.05, 4.69) is 23.7 Å². The van der Waals surface area contributed by atoms with Crippen molar-refractivity contribution in [1.29, 1.82) is 0 Å². The van der Waals surface area contributed by atoms with Crippen molar-refractivity contribution >= 4 is 5.96 Å². The van der Waals surface area contributed by atoms with Crippen LogP contribution >= 0.6 is 0 Å². The lowest BCUT2D eigenvalue weighted by molar-refractivity contribution is 0.387. The minimum absolute atomic E-state index is 0.549. The van der Waals surface area contributed by atoms with E-state index in [1.165, 1.54) is 19.3 Å². The van der Waals surface area contributed by atoms with Gasteiger partial charge in [0, 0.05) is 13.1 Å². The Balaban J connectivity index is 1.87. The topological polar surface area (TPSA) is 41.6 Å². The summed E-state index contributed by atoms with van der Waals surface area (Å²) in [6, 6.07) is 0.549. The summed E-state index contributed by atoms with van der Waals surface area (Å²) in [6.07, 6.45) is 3.75. The second kappa shape index (κ2) is 3.79. The van der Waals surface area contributed by atoms with E-state index in [1.807, 2.05) is 0 Å². The number of hydrogen-bond acceptors (Lipinski definition) is 1. The van der Waals surface area contributed by atoms with Gasteiger partial charge in [-0.3, -0.25) is 0 Å². The monoisotopic (exact) mass is 195 g/mol. The quantitative estimate of drug-likeness (QED) is 0.535. The van der Waals surface area contributed by atoms with Crippen molar-refractivity contribution in [1.82, 2.24) is 4.90 Å². The zero-order valence-corrected chi connectivity index (χ0v) is 9.24. The Morgan fingerprint density at radius 3 is 2.57 bits per heavy atom. The average Bonchev–Trinajstić information content (AvgIpc) is 2.81. The first-order valence-corrected chi connectivity index (χ1v) is 5.75. The fraction of sp³-hybridized carbons (Fsp3) is 0.909. The lowest BCUT2D eigenvalue weighted by Gasteiger charge is -2.18. The Morgan fingerprint density at radius 2 is 2.07 bits per heavy atom. The van der Waals surface area contributed by atoms with Crippen molar-refractivity contribution in [3.05, 3.63) is 0 Å². The molecule has 3 heteroatoms. The molecule has 0 amide bonds. The molecule has 0 spiro atoms. The number of nitrogens with zero attached hydrogens (tertiary/aromatic N) is 2. The Kier molecular flexibility index (Phi) is 2.66. The van der Waals surface area contributed by atoms with Crippen molar-refractivity contribution in [3.63, 3.8) is 0 Å². The maximum atomic E-state index is 5.96. The third-order valence-electron chi connectivity index (χ3n) is 3.35. The molecule has 3 nitrogen and oxygen atoms in total. The molecule has 2 fully saturated rings. The standard InChI is InChI=1S/C11H21N3/c1-8(2)9-5-6-14(7-9)11(12)13-10-3-4-10/h8-10H,3-7H2,1-2H3,(H2,12,13). The zero-order chi connectivity index (χ0) is 10.1. The normalized spacial score (nSPS) is 28.9. The largest absolute Gasteiger partial charge is 0.370 e. The summed E-state index contributed by atoms with van der Waals surface area (Å²) in [5.74, 6) is 2.37. The molecular formula is C11H21N3. The van der Waals surface area contributed by atoms with Gasteiger partial charge < -0.3 is 10.6 Å². The highest BCUT2D eigenvalue weighted by Gasteiger charge is 2.27. The molecule has 2 aliphatic rings. The number of rotatable bonds is 2. The Bertz CT molecular complexity index is 231. The van der Waals surface area contributed by atoms with Crippen LogP contribution in [-0.2, 0) is 0 Å². The highest BCUT2D eigenvalue weighted by Crippen LogP contribution is 2.26. The van der Waals surface area contributed by atoms with Crippen LogP contribution in [0.2, 0.25) is 0 Å². The summed E-state index contributed by atoms with van der Waals surface area (Å²) in [5, 5.41) is 0.